The van der Waals surface area contributed by atoms with Gasteiger partial charge in [-0.15, -0.1) is 5.10 Å². The summed E-state index contributed by atoms with van der Waals surface area (Å²) in [4.78, 5) is 15.6. The number of nitrogens with one attached hydrogen (secondary N) is 1. The van der Waals surface area contributed by atoms with Crippen LogP contribution >= 0.6 is 0 Å². The first-order chi connectivity index (χ1) is 9.78. The van der Waals surface area contributed by atoms with Crippen LogP contribution in [0.5, 0.6) is 0 Å². The highest BCUT2D eigenvalue weighted by molar-refractivity contribution is 5.75. The number of hydrogen-bond donors (Lipinski definition) is 2. The van der Waals surface area contributed by atoms with E-state index in [9.17, 15) is 4.79 Å². The Balaban J connectivity index is 1.58. The third-order valence-corrected chi connectivity index (χ3v) is 2.83. The van der Waals surface area contributed by atoms with Crippen LogP contribution in [0.4, 0.5) is 0 Å². The number of unbranched alkanes of at least 4 members (excludes halogenated alkanes) is 1. The molecule has 2 rings (SSSR count). The van der Waals surface area contributed by atoms with Crippen LogP contribution in [0.25, 0.3) is 0 Å². The van der Waals surface area contributed by atoms with Crippen molar-refractivity contribution in [2.75, 3.05) is 6.54 Å². The Kier molecular flexibility index (Phi) is 5.24. The van der Waals surface area contributed by atoms with Crippen LogP contribution in [0.2, 0.25) is 0 Å². The molecule has 20 heavy (non-hydrogen) atoms. The summed E-state index contributed by atoms with van der Waals surface area (Å²) in [5, 5.41) is 10.5. The Morgan fingerprint density at radius 1 is 1.40 bits per heavy atom. The van der Waals surface area contributed by atoms with Gasteiger partial charge in [0.15, 0.2) is 0 Å². The van der Waals surface area contributed by atoms with E-state index in [1.54, 1.807) is 18.7 Å². The van der Waals surface area contributed by atoms with Crippen molar-refractivity contribution in [1.29, 1.82) is 0 Å². The van der Waals surface area contributed by atoms with Gasteiger partial charge in [-0.25, -0.2) is 9.67 Å². The number of imidazole rings is 1. The maximum absolute atomic E-state index is 11.7. The maximum atomic E-state index is 11.7. The van der Waals surface area contributed by atoms with Crippen molar-refractivity contribution in [2.24, 2.45) is 5.73 Å². The Labute approximate surface area is 117 Å². The van der Waals surface area contributed by atoms with Gasteiger partial charge in [-0.3, -0.25) is 4.79 Å². The number of hydrogen-bond acceptors (Lipinski definition) is 5. The zero-order valence-electron chi connectivity index (χ0n) is 11.3. The summed E-state index contributed by atoms with van der Waals surface area (Å²) >= 11 is 0. The van der Waals surface area contributed by atoms with Crippen LogP contribution in [0, 0.1) is 0 Å². The third-order valence-electron chi connectivity index (χ3n) is 2.83. The molecule has 8 heteroatoms. The van der Waals surface area contributed by atoms with Crippen molar-refractivity contribution in [3.8, 4) is 0 Å². The molecule has 0 aromatic carbocycles. The van der Waals surface area contributed by atoms with Crippen LogP contribution in [-0.2, 0) is 24.4 Å². The van der Waals surface area contributed by atoms with Gasteiger partial charge in [0.2, 0.25) is 5.91 Å². The molecule has 108 valence electrons. The lowest BCUT2D eigenvalue weighted by Crippen LogP contribution is -2.28. The number of nitrogens with two attached hydrogens (primary N) is 1. The lowest BCUT2D eigenvalue weighted by molar-refractivity contribution is -0.121. The van der Waals surface area contributed by atoms with Crippen molar-refractivity contribution in [3.63, 3.8) is 0 Å². The molecular formula is C12H19N7O. The van der Waals surface area contributed by atoms with Crippen molar-refractivity contribution in [1.82, 2.24) is 29.9 Å². The summed E-state index contributed by atoms with van der Waals surface area (Å²) in [6.07, 6.45) is 9.08. The predicted octanol–water partition coefficient (Wildman–Crippen LogP) is -0.470. The molecule has 0 bridgehead atoms. The molecule has 1 amide bonds. The second-order valence-corrected chi connectivity index (χ2v) is 4.47. The van der Waals surface area contributed by atoms with Gasteiger partial charge in [0.05, 0.1) is 18.2 Å². The van der Waals surface area contributed by atoms with Crippen LogP contribution in [-0.4, -0.2) is 37.0 Å². The SMILES string of the molecule is NCc1cn(CC(=O)NCCCCn2ccnc2)nn1. The third kappa shape index (κ3) is 4.47. The molecule has 2 aromatic heterocycles. The number of carbonyl (C=O) groups excluding carboxylic acids is 1. The monoisotopic (exact) mass is 277 g/mol. The molecule has 0 saturated carbocycles. The number of nitrogens with zero attached hydrogens (tertiary/aromatic N) is 5. The molecule has 0 radical (unpaired) electrons. The fourth-order valence-corrected chi connectivity index (χ4v) is 1.78. The number of aromatic nitrogens is 5. The first-order valence-corrected chi connectivity index (χ1v) is 6.59. The van der Waals surface area contributed by atoms with Crippen LogP contribution in [0.3, 0.4) is 0 Å². The molecule has 3 N–H and O–H groups in total. The molecule has 0 aliphatic rings. The smallest absolute Gasteiger partial charge is 0.241 e. The Morgan fingerprint density at radius 2 is 2.30 bits per heavy atom. The van der Waals surface area contributed by atoms with E-state index in [4.69, 9.17) is 5.73 Å². The van der Waals surface area contributed by atoms with Gasteiger partial charge in [0.1, 0.15) is 6.54 Å². The molecule has 8 nitrogen and oxygen atoms in total. The van der Waals surface area contributed by atoms with Crippen LogP contribution < -0.4 is 11.1 Å². The molecule has 0 fully saturated rings. The van der Waals surface area contributed by atoms with E-state index >= 15 is 0 Å². The fraction of sp³-hybridized carbons (Fsp3) is 0.500. The normalized spacial score (nSPS) is 10.7. The Bertz CT molecular complexity index is 520. The van der Waals surface area contributed by atoms with E-state index in [1.165, 1.54) is 4.68 Å². The number of rotatable bonds is 8. The fourth-order valence-electron chi connectivity index (χ4n) is 1.78. The molecule has 0 spiro atoms. The molecule has 0 unspecified atom stereocenters. The molecular weight excluding hydrogens is 258 g/mol. The molecule has 0 saturated heterocycles. The Hall–Kier alpha value is -2.22. The van der Waals surface area contributed by atoms with Crippen molar-refractivity contribution in [3.05, 3.63) is 30.6 Å². The summed E-state index contributed by atoms with van der Waals surface area (Å²) in [7, 11) is 0. The highest BCUT2D eigenvalue weighted by Crippen LogP contribution is 1.94. The van der Waals surface area contributed by atoms with Crippen molar-refractivity contribution < 1.29 is 4.79 Å². The summed E-state index contributed by atoms with van der Waals surface area (Å²) in [6.45, 7) is 2.08. The van der Waals surface area contributed by atoms with Gasteiger partial charge in [0.25, 0.3) is 0 Å². The number of amides is 1. The molecule has 2 aromatic rings. The van der Waals surface area contributed by atoms with E-state index in [0.717, 1.165) is 19.4 Å². The zero-order chi connectivity index (χ0) is 14.2. The van der Waals surface area contributed by atoms with E-state index in [0.29, 0.717) is 18.8 Å². The first kappa shape index (κ1) is 14.2. The van der Waals surface area contributed by atoms with Gasteiger partial charge in [0, 0.05) is 32.0 Å². The van der Waals surface area contributed by atoms with Gasteiger partial charge in [-0.1, -0.05) is 5.21 Å². The topological polar surface area (TPSA) is 104 Å². The first-order valence-electron chi connectivity index (χ1n) is 6.59. The molecule has 0 aliphatic heterocycles. The average molecular weight is 277 g/mol. The van der Waals surface area contributed by atoms with Gasteiger partial charge in [-0.2, -0.15) is 0 Å². The van der Waals surface area contributed by atoms with Gasteiger partial charge in [-0.05, 0) is 12.8 Å². The Morgan fingerprint density at radius 3 is 3.00 bits per heavy atom. The van der Waals surface area contributed by atoms with E-state index in [-0.39, 0.29) is 12.5 Å². The minimum atomic E-state index is -0.0684. The second kappa shape index (κ2) is 7.39. The summed E-state index contributed by atoms with van der Waals surface area (Å²) in [6, 6.07) is 0. The molecule has 2 heterocycles. The van der Waals surface area contributed by atoms with E-state index in [2.05, 4.69) is 20.6 Å². The lowest BCUT2D eigenvalue weighted by Gasteiger charge is -2.05. The summed E-state index contributed by atoms with van der Waals surface area (Å²) < 4.78 is 3.51. The standard InChI is InChI=1S/C12H19N7O/c13-7-11-8-19(17-16-11)9-12(20)15-3-1-2-5-18-6-4-14-10-18/h4,6,8,10H,1-3,5,7,9,13H2,(H,15,20). The number of aryl methyl sites for hydroxylation is 1. The lowest BCUT2D eigenvalue weighted by atomic mass is 10.3. The van der Waals surface area contributed by atoms with E-state index < -0.39 is 0 Å². The maximum Gasteiger partial charge on any atom is 0.241 e. The zero-order valence-corrected chi connectivity index (χ0v) is 11.3. The predicted molar refractivity (Wildman–Crippen MR) is 72.4 cm³/mol. The van der Waals surface area contributed by atoms with Crippen LogP contribution in [0.1, 0.15) is 18.5 Å². The highest BCUT2D eigenvalue weighted by atomic mass is 16.2. The minimum absolute atomic E-state index is 0.0684. The summed E-state index contributed by atoms with van der Waals surface area (Å²) in [5.41, 5.74) is 6.10. The molecule has 0 atom stereocenters. The van der Waals surface area contributed by atoms with Gasteiger partial charge >= 0.3 is 0 Å². The molecule has 0 aliphatic carbocycles. The van der Waals surface area contributed by atoms with E-state index in [1.807, 2.05) is 10.8 Å². The van der Waals surface area contributed by atoms with Crippen LogP contribution in [0.15, 0.2) is 24.9 Å². The van der Waals surface area contributed by atoms with Crippen molar-refractivity contribution in [2.45, 2.75) is 32.5 Å². The van der Waals surface area contributed by atoms with Crippen molar-refractivity contribution >= 4 is 5.91 Å². The number of carbonyl (C=O) groups is 1. The van der Waals surface area contributed by atoms with Gasteiger partial charge < -0.3 is 15.6 Å². The minimum Gasteiger partial charge on any atom is -0.354 e. The highest BCUT2D eigenvalue weighted by Gasteiger charge is 2.04. The summed E-state index contributed by atoms with van der Waals surface area (Å²) in [5.74, 6) is -0.0684. The second-order valence-electron chi connectivity index (χ2n) is 4.47. The average Bonchev–Trinajstić information content (AvgIpc) is 3.09. The largest absolute Gasteiger partial charge is 0.354 e. The quantitative estimate of drug-likeness (QED) is 0.635.